The van der Waals surface area contributed by atoms with E-state index in [1.807, 2.05) is 24.3 Å². The lowest BCUT2D eigenvalue weighted by molar-refractivity contribution is -0.274. The molecule has 1 aliphatic rings. The van der Waals surface area contributed by atoms with Crippen molar-refractivity contribution in [3.05, 3.63) is 83.6 Å². The monoisotopic (exact) mass is 594 g/mol. The number of hydrogen-bond acceptors (Lipinski definition) is 7. The molecule has 4 aromatic rings. The van der Waals surface area contributed by atoms with E-state index < -0.39 is 18.0 Å². The zero-order valence-electron chi connectivity index (χ0n) is 22.7. The Balaban J connectivity index is 1.33. The molecule has 3 aromatic carbocycles. The summed E-state index contributed by atoms with van der Waals surface area (Å²) in [7, 11) is 1.69. The summed E-state index contributed by atoms with van der Waals surface area (Å²) in [6.45, 7) is 4.14. The summed E-state index contributed by atoms with van der Waals surface area (Å²) in [4.78, 5) is 27.2. The van der Waals surface area contributed by atoms with Crippen LogP contribution in [0.4, 0.5) is 24.5 Å². The number of thioether (sulfide) groups is 1. The van der Waals surface area contributed by atoms with Crippen LogP contribution in [0.15, 0.2) is 76.9 Å². The van der Waals surface area contributed by atoms with Gasteiger partial charge in [0.05, 0.1) is 23.2 Å². The fourth-order valence-electron chi connectivity index (χ4n) is 4.45. The number of hydrogen-bond donors (Lipinski definition) is 1. The van der Waals surface area contributed by atoms with Crippen molar-refractivity contribution in [3.8, 4) is 5.75 Å². The van der Waals surface area contributed by atoms with Gasteiger partial charge in [0, 0.05) is 18.1 Å². The molecule has 1 aliphatic heterocycles. The number of benzene rings is 3. The number of carbonyl (C=O) groups is 2. The van der Waals surface area contributed by atoms with E-state index in [0.29, 0.717) is 21.6 Å². The highest BCUT2D eigenvalue weighted by molar-refractivity contribution is 8.15. The van der Waals surface area contributed by atoms with Gasteiger partial charge in [-0.2, -0.15) is 10.2 Å². The molecule has 0 unspecified atom stereocenters. The summed E-state index contributed by atoms with van der Waals surface area (Å²) in [5, 5.41) is 16.6. The number of para-hydroxylation sites is 1. The number of nitrogens with one attached hydrogen (secondary N) is 1. The molecule has 1 aromatic heterocycles. The number of amides is 2. The molecule has 1 saturated heterocycles. The number of fused-ring (bicyclic) bond motifs is 1. The van der Waals surface area contributed by atoms with Gasteiger partial charge in [0.15, 0.2) is 10.9 Å². The number of ether oxygens (including phenoxy) is 1. The Bertz CT molecular complexity index is 1710. The molecule has 0 saturated carbocycles. The average molecular weight is 595 g/mol. The van der Waals surface area contributed by atoms with Crippen molar-refractivity contribution in [2.45, 2.75) is 26.1 Å². The zero-order chi connectivity index (χ0) is 30.0. The molecule has 2 amide bonds. The van der Waals surface area contributed by atoms with Crippen molar-refractivity contribution in [2.24, 2.45) is 17.3 Å². The van der Waals surface area contributed by atoms with E-state index in [2.05, 4.69) is 39.2 Å². The summed E-state index contributed by atoms with van der Waals surface area (Å²) < 4.78 is 42.6. The topological polar surface area (TPSA) is 101 Å². The lowest BCUT2D eigenvalue weighted by atomic mass is 10.0. The maximum Gasteiger partial charge on any atom is 0.573 e. The molecule has 0 spiro atoms. The van der Waals surface area contributed by atoms with Gasteiger partial charge in [0.2, 0.25) is 5.91 Å². The first-order chi connectivity index (χ1) is 20.0. The van der Waals surface area contributed by atoms with Gasteiger partial charge in [0.1, 0.15) is 5.75 Å². The van der Waals surface area contributed by atoms with Gasteiger partial charge < -0.3 is 10.1 Å². The van der Waals surface area contributed by atoms with Gasteiger partial charge in [-0.05, 0) is 59.5 Å². The highest BCUT2D eigenvalue weighted by Gasteiger charge is 2.32. The minimum absolute atomic E-state index is 0.0604. The van der Waals surface area contributed by atoms with Crippen molar-refractivity contribution >= 4 is 57.2 Å². The molecular weight excluding hydrogens is 569 g/mol. The molecule has 42 heavy (non-hydrogen) atoms. The van der Waals surface area contributed by atoms with E-state index in [-0.39, 0.29) is 29.0 Å². The third-order valence-electron chi connectivity index (χ3n) is 6.35. The van der Waals surface area contributed by atoms with Crippen molar-refractivity contribution in [1.29, 1.82) is 0 Å². The SMILES string of the molecule is CC(C)c1ccccc1N1C(=O)CS/C1=N/N=C/c1ccc2c(C(=O)Nc3ccc(OC(F)(F)F)cc3)nn(C)c2c1. The summed E-state index contributed by atoms with van der Waals surface area (Å²) in [5.41, 5.74) is 3.62. The Morgan fingerprint density at radius 3 is 2.57 bits per heavy atom. The quantitative estimate of drug-likeness (QED) is 0.199. The lowest BCUT2D eigenvalue weighted by Crippen LogP contribution is -2.30. The molecule has 216 valence electrons. The zero-order valence-corrected chi connectivity index (χ0v) is 23.5. The van der Waals surface area contributed by atoms with Crippen LogP contribution < -0.4 is 15.0 Å². The van der Waals surface area contributed by atoms with Crippen LogP contribution >= 0.6 is 11.8 Å². The molecular formula is C29H25F3N6O3S. The van der Waals surface area contributed by atoms with E-state index in [4.69, 9.17) is 0 Å². The summed E-state index contributed by atoms with van der Waals surface area (Å²) >= 11 is 1.32. The molecule has 1 fully saturated rings. The van der Waals surface area contributed by atoms with Crippen LogP contribution in [0, 0.1) is 0 Å². The lowest BCUT2D eigenvalue weighted by Gasteiger charge is -2.20. The summed E-state index contributed by atoms with van der Waals surface area (Å²) in [6.07, 6.45) is -3.25. The van der Waals surface area contributed by atoms with Gasteiger partial charge >= 0.3 is 6.36 Å². The Morgan fingerprint density at radius 2 is 1.86 bits per heavy atom. The molecule has 0 bridgehead atoms. The molecule has 1 N–H and O–H groups in total. The molecule has 0 aliphatic carbocycles. The Morgan fingerprint density at radius 1 is 1.12 bits per heavy atom. The number of aromatic nitrogens is 2. The molecule has 9 nitrogen and oxygen atoms in total. The smallest absolute Gasteiger partial charge is 0.406 e. The first-order valence-corrected chi connectivity index (χ1v) is 13.8. The third-order valence-corrected chi connectivity index (χ3v) is 7.27. The Labute approximate surface area is 243 Å². The predicted molar refractivity (Wildman–Crippen MR) is 157 cm³/mol. The molecule has 2 heterocycles. The minimum atomic E-state index is -4.80. The first kappa shape index (κ1) is 28.9. The summed E-state index contributed by atoms with van der Waals surface area (Å²) in [6, 6.07) is 17.8. The van der Waals surface area contributed by atoms with E-state index in [0.717, 1.165) is 23.4 Å². The summed E-state index contributed by atoms with van der Waals surface area (Å²) in [5.74, 6) is -0.482. The normalized spacial score (nSPS) is 15.0. The van der Waals surface area contributed by atoms with Crippen LogP contribution in [0.2, 0.25) is 0 Å². The molecule has 0 atom stereocenters. The number of alkyl halides is 3. The molecule has 0 radical (unpaired) electrons. The van der Waals surface area contributed by atoms with Gasteiger partial charge in [-0.3, -0.25) is 19.2 Å². The van der Waals surface area contributed by atoms with E-state index in [1.54, 1.807) is 41.0 Å². The first-order valence-electron chi connectivity index (χ1n) is 12.8. The largest absolute Gasteiger partial charge is 0.573 e. The highest BCUT2D eigenvalue weighted by atomic mass is 32.2. The van der Waals surface area contributed by atoms with Gasteiger partial charge in [-0.15, -0.1) is 18.3 Å². The number of carbonyl (C=O) groups excluding carboxylic acids is 2. The number of amidine groups is 1. The van der Waals surface area contributed by atoms with Crippen LogP contribution in [-0.2, 0) is 11.8 Å². The van der Waals surface area contributed by atoms with E-state index in [9.17, 15) is 22.8 Å². The molecule has 5 rings (SSSR count). The van der Waals surface area contributed by atoms with Crippen molar-refractivity contribution < 1.29 is 27.5 Å². The maximum atomic E-state index is 12.9. The molecule has 13 heteroatoms. The predicted octanol–water partition coefficient (Wildman–Crippen LogP) is 6.32. The second kappa shape index (κ2) is 11.7. The number of aryl methyl sites for hydroxylation is 1. The van der Waals surface area contributed by atoms with Crippen molar-refractivity contribution in [1.82, 2.24) is 9.78 Å². The number of nitrogens with zero attached hydrogens (tertiary/aromatic N) is 5. The number of halogens is 3. The maximum absolute atomic E-state index is 12.9. The van der Waals surface area contributed by atoms with Crippen LogP contribution in [0.1, 0.15) is 41.4 Å². The minimum Gasteiger partial charge on any atom is -0.406 e. The second-order valence-corrected chi connectivity index (χ2v) is 10.6. The third kappa shape index (κ3) is 6.30. The van der Waals surface area contributed by atoms with Crippen LogP contribution in [-0.4, -0.2) is 45.1 Å². The average Bonchev–Trinajstić information content (AvgIpc) is 3.47. The van der Waals surface area contributed by atoms with Crippen LogP contribution in [0.25, 0.3) is 10.9 Å². The van der Waals surface area contributed by atoms with E-state index >= 15 is 0 Å². The second-order valence-electron chi connectivity index (χ2n) is 9.63. The van der Waals surface area contributed by atoms with Crippen LogP contribution in [0.3, 0.4) is 0 Å². The Kier molecular flexibility index (Phi) is 8.03. The van der Waals surface area contributed by atoms with Gasteiger partial charge in [-0.1, -0.05) is 49.9 Å². The van der Waals surface area contributed by atoms with Gasteiger partial charge in [0.25, 0.3) is 5.91 Å². The van der Waals surface area contributed by atoms with Gasteiger partial charge in [-0.25, -0.2) is 0 Å². The standard InChI is InChI=1S/C29H25F3N6O3S/c1-17(2)21-6-4-5-7-23(21)38-25(39)16-42-28(38)35-33-15-18-8-13-22-24(14-18)37(3)36-26(22)27(40)34-19-9-11-20(12-10-19)41-29(30,31)32/h4-15,17H,16H2,1-3H3,(H,34,40)/b33-15+,35-28+. The fourth-order valence-corrected chi connectivity index (χ4v) is 5.27. The van der Waals surface area contributed by atoms with Crippen molar-refractivity contribution in [2.75, 3.05) is 16.0 Å². The number of rotatable bonds is 7. The van der Waals surface area contributed by atoms with Crippen LogP contribution in [0.5, 0.6) is 5.75 Å². The Hall–Kier alpha value is -4.65. The van der Waals surface area contributed by atoms with E-state index in [1.165, 1.54) is 23.9 Å². The number of anilines is 2. The van der Waals surface area contributed by atoms with Crippen molar-refractivity contribution in [3.63, 3.8) is 0 Å². The highest BCUT2D eigenvalue weighted by Crippen LogP contribution is 2.33. The fraction of sp³-hybridized carbons (Fsp3) is 0.207.